The summed E-state index contributed by atoms with van der Waals surface area (Å²) in [6.07, 6.45) is 0. The van der Waals surface area contributed by atoms with Gasteiger partial charge in [0.25, 0.3) is 0 Å². The van der Waals surface area contributed by atoms with Crippen LogP contribution in [0, 0.1) is 5.41 Å². The molecule has 0 saturated heterocycles. The Bertz CT molecular complexity index is 71.1. The number of hydrogen-bond donors (Lipinski definition) is 0. The summed E-state index contributed by atoms with van der Waals surface area (Å²) < 4.78 is 4.39. The van der Waals surface area contributed by atoms with Gasteiger partial charge in [0.1, 0.15) is 0 Å². The predicted molar refractivity (Wildman–Crippen MR) is 31.1 cm³/mol. The fraction of sp³-hybridized carbons (Fsp3) is 0.833. The van der Waals surface area contributed by atoms with Crippen LogP contribution in [0.2, 0.25) is 0 Å². The van der Waals surface area contributed by atoms with Crippen LogP contribution in [0.5, 0.6) is 0 Å². The lowest BCUT2D eigenvalue weighted by molar-refractivity contribution is 0.177. The van der Waals surface area contributed by atoms with E-state index in [0.717, 1.165) is 0 Å². The van der Waals surface area contributed by atoms with Crippen LogP contribution in [0.25, 0.3) is 0 Å². The Morgan fingerprint density at radius 3 is 2.12 bits per heavy atom. The van der Waals surface area contributed by atoms with Crippen molar-refractivity contribution >= 4 is 6.47 Å². The van der Waals surface area contributed by atoms with E-state index in [1.807, 2.05) is 20.8 Å². The van der Waals surface area contributed by atoms with Crippen LogP contribution in [0.15, 0.2) is 0 Å². The second-order valence-corrected chi connectivity index (χ2v) is 2.93. The van der Waals surface area contributed by atoms with Gasteiger partial charge in [0.05, 0.1) is 6.61 Å². The third kappa shape index (κ3) is 5.47. The van der Waals surface area contributed by atoms with Crippen LogP contribution < -0.4 is 0 Å². The highest BCUT2D eigenvalue weighted by Gasteiger charge is 2.09. The van der Waals surface area contributed by atoms with Gasteiger partial charge < -0.3 is 4.74 Å². The van der Waals surface area contributed by atoms with E-state index in [1.54, 1.807) is 0 Å². The zero-order valence-corrected chi connectivity index (χ0v) is 5.52. The Balaban J connectivity index is 3.24. The van der Waals surface area contributed by atoms with Crippen molar-refractivity contribution in [2.24, 2.45) is 5.41 Å². The molecule has 0 aromatic heterocycles. The molecule has 2 heteroatoms. The lowest BCUT2D eigenvalue weighted by atomic mass is 9.99. The molecule has 0 atom stereocenters. The maximum atomic E-state index is 9.50. The zero-order chi connectivity index (χ0) is 6.62. The lowest BCUT2D eigenvalue weighted by Crippen LogP contribution is -2.13. The third-order valence-electron chi connectivity index (χ3n) is 0.564. The van der Waals surface area contributed by atoms with Gasteiger partial charge in [-0.2, -0.15) is 0 Å². The van der Waals surface area contributed by atoms with Gasteiger partial charge >= 0.3 is 6.47 Å². The van der Waals surface area contributed by atoms with Gasteiger partial charge in [-0.3, -0.25) is 0 Å². The zero-order valence-electron chi connectivity index (χ0n) is 5.52. The van der Waals surface area contributed by atoms with E-state index < -0.39 is 0 Å². The van der Waals surface area contributed by atoms with Gasteiger partial charge in [-0.15, -0.1) is 0 Å². The average molecular weight is 115 g/mol. The molecule has 0 aromatic rings. The topological polar surface area (TPSA) is 26.3 Å². The van der Waals surface area contributed by atoms with Crippen LogP contribution in [-0.2, 0) is 9.53 Å². The second-order valence-electron chi connectivity index (χ2n) is 2.93. The third-order valence-corrected chi connectivity index (χ3v) is 0.564. The first-order chi connectivity index (χ1) is 3.56. The quantitative estimate of drug-likeness (QED) is 0.539. The van der Waals surface area contributed by atoms with Gasteiger partial charge in [0.15, 0.2) is 0 Å². The van der Waals surface area contributed by atoms with Crippen LogP contribution in [-0.4, -0.2) is 13.1 Å². The van der Waals surface area contributed by atoms with Gasteiger partial charge in [0, 0.05) is 0 Å². The Morgan fingerprint density at radius 2 is 2.00 bits per heavy atom. The summed E-state index contributed by atoms with van der Waals surface area (Å²) >= 11 is 0. The minimum absolute atomic E-state index is 0.0669. The minimum atomic E-state index is 0.0669. The normalized spacial score (nSPS) is 10.9. The van der Waals surface area contributed by atoms with Gasteiger partial charge in [0.2, 0.25) is 0 Å². The molecule has 0 aliphatic carbocycles. The Kier molecular flexibility index (Phi) is 2.52. The summed E-state index contributed by atoms with van der Waals surface area (Å²) in [5, 5.41) is 0. The molecule has 2 nitrogen and oxygen atoms in total. The van der Waals surface area contributed by atoms with Gasteiger partial charge in [-0.05, 0) is 5.41 Å². The van der Waals surface area contributed by atoms with Crippen LogP contribution >= 0.6 is 0 Å². The Labute approximate surface area is 49.8 Å². The van der Waals surface area contributed by atoms with Crippen molar-refractivity contribution < 1.29 is 9.53 Å². The smallest absolute Gasteiger partial charge is 0.417 e. The van der Waals surface area contributed by atoms with Crippen LogP contribution in [0.1, 0.15) is 20.8 Å². The summed E-state index contributed by atoms with van der Waals surface area (Å²) in [5.74, 6) is 0. The second kappa shape index (κ2) is 2.70. The molecule has 0 fully saturated rings. The monoisotopic (exact) mass is 115 g/mol. The summed E-state index contributed by atoms with van der Waals surface area (Å²) in [6, 6.07) is 0. The van der Waals surface area contributed by atoms with Crippen LogP contribution in [0.3, 0.4) is 0 Å². The number of hydrogen-bond acceptors (Lipinski definition) is 2. The van der Waals surface area contributed by atoms with E-state index >= 15 is 0 Å². The maximum absolute atomic E-state index is 9.50. The van der Waals surface area contributed by atoms with Crippen molar-refractivity contribution in [1.82, 2.24) is 0 Å². The number of carbonyl (C=O) groups excluding carboxylic acids is 1. The van der Waals surface area contributed by atoms with E-state index in [9.17, 15) is 4.79 Å². The molecule has 47 valence electrons. The fourth-order valence-electron chi connectivity index (χ4n) is 0.246. The van der Waals surface area contributed by atoms with Crippen molar-refractivity contribution in [3.8, 4) is 0 Å². The molecule has 0 unspecified atom stereocenters. The molecule has 0 spiro atoms. The standard InChI is InChI=1S/C6H11O2/c1-6(2,3)4-8-5-7/h4H2,1-3H3. The molecule has 0 rings (SSSR count). The summed E-state index contributed by atoms with van der Waals surface area (Å²) in [4.78, 5) is 9.50. The fourth-order valence-corrected chi connectivity index (χ4v) is 0.246. The van der Waals surface area contributed by atoms with Gasteiger partial charge in [-0.25, -0.2) is 4.79 Å². The highest BCUT2D eigenvalue weighted by molar-refractivity contribution is 5.38. The largest absolute Gasteiger partial charge is 0.457 e. The molecule has 0 heterocycles. The predicted octanol–water partition coefficient (Wildman–Crippen LogP) is 1.12. The van der Waals surface area contributed by atoms with E-state index in [-0.39, 0.29) is 5.41 Å². The molecule has 8 heavy (non-hydrogen) atoms. The highest BCUT2D eigenvalue weighted by Crippen LogP contribution is 2.11. The van der Waals surface area contributed by atoms with E-state index in [1.165, 1.54) is 6.47 Å². The lowest BCUT2D eigenvalue weighted by Gasteiger charge is -2.14. The molecule has 0 aromatic carbocycles. The number of ether oxygens (including phenoxy) is 1. The molecule has 0 bridgehead atoms. The van der Waals surface area contributed by atoms with E-state index in [0.29, 0.717) is 6.61 Å². The SMILES string of the molecule is CC(C)(C)CO[C]=O. The molecule has 0 aliphatic heterocycles. The molecule has 0 saturated carbocycles. The Morgan fingerprint density at radius 1 is 1.50 bits per heavy atom. The maximum Gasteiger partial charge on any atom is 0.417 e. The van der Waals surface area contributed by atoms with Crippen molar-refractivity contribution in [2.45, 2.75) is 20.8 Å². The highest BCUT2D eigenvalue weighted by atomic mass is 16.5. The molecule has 0 N–H and O–H groups in total. The average Bonchev–Trinajstić information content (AvgIpc) is 1.59. The first-order valence-corrected chi connectivity index (χ1v) is 2.55. The summed E-state index contributed by atoms with van der Waals surface area (Å²) in [6.45, 7) is 7.79. The van der Waals surface area contributed by atoms with Gasteiger partial charge in [-0.1, -0.05) is 20.8 Å². The van der Waals surface area contributed by atoms with Crippen molar-refractivity contribution in [3.05, 3.63) is 0 Å². The molecule has 0 amide bonds. The molecular formula is C6H11O2. The van der Waals surface area contributed by atoms with Crippen molar-refractivity contribution in [1.29, 1.82) is 0 Å². The Hall–Kier alpha value is -0.530. The van der Waals surface area contributed by atoms with E-state index in [2.05, 4.69) is 4.74 Å². The van der Waals surface area contributed by atoms with Crippen molar-refractivity contribution in [2.75, 3.05) is 6.61 Å². The first kappa shape index (κ1) is 7.47. The first-order valence-electron chi connectivity index (χ1n) is 2.55. The van der Waals surface area contributed by atoms with Crippen molar-refractivity contribution in [3.63, 3.8) is 0 Å². The van der Waals surface area contributed by atoms with Crippen LogP contribution in [0.4, 0.5) is 0 Å². The molecule has 0 aliphatic rings. The summed E-state index contributed by atoms with van der Waals surface area (Å²) in [5.41, 5.74) is 0.0669. The molecule has 1 radical (unpaired) electrons. The summed E-state index contributed by atoms with van der Waals surface area (Å²) in [7, 11) is 0. The number of rotatable bonds is 2. The van der Waals surface area contributed by atoms with E-state index in [4.69, 9.17) is 0 Å². The minimum Gasteiger partial charge on any atom is -0.457 e. The molecular weight excluding hydrogens is 104 g/mol.